The van der Waals surface area contributed by atoms with Crippen molar-refractivity contribution in [3.63, 3.8) is 0 Å². The van der Waals surface area contributed by atoms with Gasteiger partial charge in [-0.25, -0.2) is 0 Å². The lowest BCUT2D eigenvalue weighted by molar-refractivity contribution is -0.135. The highest BCUT2D eigenvalue weighted by Crippen LogP contribution is 2.42. The van der Waals surface area contributed by atoms with Crippen LogP contribution in [-0.2, 0) is 14.0 Å². The lowest BCUT2D eigenvalue weighted by Crippen LogP contribution is -2.47. The third-order valence-corrected chi connectivity index (χ3v) is 10.3. The van der Waals surface area contributed by atoms with Crippen molar-refractivity contribution in [3.05, 3.63) is 11.8 Å². The van der Waals surface area contributed by atoms with E-state index < -0.39 is 8.32 Å². The van der Waals surface area contributed by atoms with Crippen LogP contribution in [0.4, 0.5) is 0 Å². The topological polar surface area (TPSA) is 35.5 Å². The summed E-state index contributed by atoms with van der Waals surface area (Å²) in [5.41, 5.74) is 2.94. The van der Waals surface area contributed by atoms with E-state index >= 15 is 0 Å². The summed E-state index contributed by atoms with van der Waals surface area (Å²) in [5, 5.41) is 0. The highest BCUT2D eigenvalue weighted by Gasteiger charge is 2.44. The van der Waals surface area contributed by atoms with Crippen LogP contribution < -0.4 is 0 Å². The molecule has 0 saturated carbocycles. The first kappa shape index (κ1) is 20.4. The lowest BCUT2D eigenvalue weighted by Gasteiger charge is -2.42. The molecule has 0 fully saturated rings. The van der Waals surface area contributed by atoms with Crippen molar-refractivity contribution in [2.75, 3.05) is 6.61 Å². The minimum atomic E-state index is -1.74. The van der Waals surface area contributed by atoms with Crippen LogP contribution in [-0.4, -0.2) is 20.9 Å². The fourth-order valence-electron chi connectivity index (χ4n) is 3.34. The summed E-state index contributed by atoms with van der Waals surface area (Å²) < 4.78 is 11.4. The van der Waals surface area contributed by atoms with Gasteiger partial charge in [0.1, 0.15) is 0 Å². The first-order valence-electron chi connectivity index (χ1n) is 8.11. The number of esters is 1. The van der Waals surface area contributed by atoms with E-state index in [1.165, 1.54) is 6.92 Å². The molecule has 0 aliphatic heterocycles. The van der Waals surface area contributed by atoms with Crippen molar-refractivity contribution in [2.24, 2.45) is 0 Å². The molecule has 0 atom stereocenters. The van der Waals surface area contributed by atoms with Crippen LogP contribution >= 0.6 is 0 Å². The van der Waals surface area contributed by atoms with E-state index in [1.54, 1.807) is 6.26 Å². The molecular formula is C17H34O3Si. The number of hydrogen-bond donors (Lipinski definition) is 0. The summed E-state index contributed by atoms with van der Waals surface area (Å²) in [4.78, 5) is 10.7. The maximum atomic E-state index is 10.7. The summed E-state index contributed by atoms with van der Waals surface area (Å²) in [6.07, 6.45) is 3.44. The first-order valence-corrected chi connectivity index (χ1v) is 10.2. The van der Waals surface area contributed by atoms with Crippen LogP contribution in [0.2, 0.25) is 16.6 Å². The van der Waals surface area contributed by atoms with Gasteiger partial charge in [-0.3, -0.25) is 4.79 Å². The molecule has 0 saturated heterocycles. The van der Waals surface area contributed by atoms with Crippen LogP contribution in [0.1, 0.15) is 68.2 Å². The SMILES string of the molecule is CC(=O)O/C=C(\C)CCCO[Si](C(C)C)(C(C)C)C(C)C. The Balaban J connectivity index is 4.46. The molecule has 21 heavy (non-hydrogen) atoms. The number of ether oxygens (including phenoxy) is 1. The van der Waals surface area contributed by atoms with Gasteiger partial charge in [0.15, 0.2) is 8.32 Å². The largest absolute Gasteiger partial charge is 0.435 e. The van der Waals surface area contributed by atoms with Gasteiger partial charge in [-0.2, -0.15) is 0 Å². The van der Waals surface area contributed by atoms with Crippen LogP contribution in [0.15, 0.2) is 11.8 Å². The van der Waals surface area contributed by atoms with E-state index in [1.807, 2.05) is 6.92 Å². The molecule has 0 aromatic rings. The van der Waals surface area contributed by atoms with Crippen LogP contribution in [0.5, 0.6) is 0 Å². The van der Waals surface area contributed by atoms with E-state index in [4.69, 9.17) is 9.16 Å². The van der Waals surface area contributed by atoms with Crippen LogP contribution in [0.25, 0.3) is 0 Å². The molecule has 0 aromatic carbocycles. The lowest BCUT2D eigenvalue weighted by atomic mass is 10.2. The Morgan fingerprint density at radius 3 is 1.86 bits per heavy atom. The van der Waals surface area contributed by atoms with Crippen molar-refractivity contribution >= 4 is 14.3 Å². The standard InChI is InChI=1S/C17H34O3Si/c1-13(2)21(14(3)4,15(5)6)20-11-9-10-16(7)12-19-17(8)18/h12-15H,9-11H2,1-8H3/b16-12+. The van der Waals surface area contributed by atoms with Crippen LogP contribution in [0.3, 0.4) is 0 Å². The van der Waals surface area contributed by atoms with Crippen molar-refractivity contribution in [1.82, 2.24) is 0 Å². The monoisotopic (exact) mass is 314 g/mol. The fraction of sp³-hybridized carbons (Fsp3) is 0.824. The van der Waals surface area contributed by atoms with Gasteiger partial charge >= 0.3 is 5.97 Å². The molecule has 4 heteroatoms. The zero-order chi connectivity index (χ0) is 16.6. The number of carbonyl (C=O) groups is 1. The summed E-state index contributed by atoms with van der Waals surface area (Å²) in [6, 6.07) is 0. The molecule has 0 heterocycles. The molecule has 0 spiro atoms. The number of hydrogen-bond acceptors (Lipinski definition) is 3. The van der Waals surface area contributed by atoms with Gasteiger partial charge in [0.2, 0.25) is 0 Å². The van der Waals surface area contributed by atoms with E-state index in [2.05, 4.69) is 41.5 Å². The summed E-state index contributed by atoms with van der Waals surface area (Å²) >= 11 is 0. The average molecular weight is 315 g/mol. The van der Waals surface area contributed by atoms with Gasteiger partial charge in [-0.1, -0.05) is 41.5 Å². The van der Waals surface area contributed by atoms with E-state index in [9.17, 15) is 4.79 Å². The van der Waals surface area contributed by atoms with Gasteiger partial charge < -0.3 is 9.16 Å². The summed E-state index contributed by atoms with van der Waals surface area (Å²) in [5.74, 6) is -0.267. The molecule has 0 radical (unpaired) electrons. The Morgan fingerprint density at radius 2 is 1.48 bits per heavy atom. The second-order valence-electron chi connectivity index (χ2n) is 6.84. The molecule has 0 aliphatic carbocycles. The predicted octanol–water partition coefficient (Wildman–Crippen LogP) is 5.43. The number of allylic oxidation sites excluding steroid dienone is 1. The van der Waals surface area contributed by atoms with Gasteiger partial charge in [0.05, 0.1) is 6.26 Å². The molecular weight excluding hydrogens is 280 g/mol. The van der Waals surface area contributed by atoms with Gasteiger partial charge in [0, 0.05) is 13.5 Å². The highest BCUT2D eigenvalue weighted by atomic mass is 28.4. The van der Waals surface area contributed by atoms with Crippen molar-refractivity contribution in [2.45, 2.75) is 84.9 Å². The molecule has 0 aliphatic rings. The minimum Gasteiger partial charge on any atom is -0.435 e. The first-order chi connectivity index (χ1) is 9.64. The van der Waals surface area contributed by atoms with E-state index in [-0.39, 0.29) is 5.97 Å². The van der Waals surface area contributed by atoms with Gasteiger partial charge in [0.25, 0.3) is 0 Å². The number of rotatable bonds is 9. The Hall–Kier alpha value is -0.613. The minimum absolute atomic E-state index is 0.267. The third-order valence-electron chi connectivity index (χ3n) is 4.20. The van der Waals surface area contributed by atoms with Crippen molar-refractivity contribution in [3.8, 4) is 0 Å². The zero-order valence-electron chi connectivity index (χ0n) is 15.2. The average Bonchev–Trinajstić information content (AvgIpc) is 2.34. The Morgan fingerprint density at radius 1 is 1.00 bits per heavy atom. The van der Waals surface area contributed by atoms with Gasteiger partial charge in [-0.05, 0) is 42.0 Å². The fourth-order valence-corrected chi connectivity index (χ4v) is 8.84. The maximum absolute atomic E-state index is 10.7. The second-order valence-corrected chi connectivity index (χ2v) is 12.3. The Labute approximate surface area is 132 Å². The molecule has 0 rings (SSSR count). The quantitative estimate of drug-likeness (QED) is 0.246. The molecule has 0 unspecified atom stereocenters. The van der Waals surface area contributed by atoms with Crippen molar-refractivity contribution < 1.29 is 14.0 Å². The summed E-state index contributed by atoms with van der Waals surface area (Å²) in [7, 11) is -1.74. The maximum Gasteiger partial charge on any atom is 0.307 e. The second kappa shape index (κ2) is 9.41. The smallest absolute Gasteiger partial charge is 0.307 e. The van der Waals surface area contributed by atoms with Crippen LogP contribution in [0, 0.1) is 0 Å². The predicted molar refractivity (Wildman–Crippen MR) is 91.8 cm³/mol. The molecule has 0 bridgehead atoms. The molecule has 124 valence electrons. The highest BCUT2D eigenvalue weighted by molar-refractivity contribution is 6.77. The normalized spacial score (nSPS) is 13.4. The molecule has 3 nitrogen and oxygen atoms in total. The summed E-state index contributed by atoms with van der Waals surface area (Å²) in [6.45, 7) is 18.0. The van der Waals surface area contributed by atoms with Gasteiger partial charge in [-0.15, -0.1) is 0 Å². The zero-order valence-corrected chi connectivity index (χ0v) is 16.2. The van der Waals surface area contributed by atoms with E-state index in [0.717, 1.165) is 25.0 Å². The molecule has 0 N–H and O–H groups in total. The number of carbonyl (C=O) groups excluding carboxylic acids is 1. The van der Waals surface area contributed by atoms with E-state index in [0.29, 0.717) is 16.6 Å². The Bertz CT molecular complexity index is 324. The molecule has 0 amide bonds. The molecule has 0 aromatic heterocycles. The third kappa shape index (κ3) is 6.35. The van der Waals surface area contributed by atoms with Crippen molar-refractivity contribution in [1.29, 1.82) is 0 Å². The Kier molecular flexibility index (Phi) is 9.14.